The van der Waals surface area contributed by atoms with Gasteiger partial charge in [-0.25, -0.2) is 4.79 Å². The van der Waals surface area contributed by atoms with Crippen molar-refractivity contribution >= 4 is 64.2 Å². The first kappa shape index (κ1) is 117. The number of hydrogen-bond acceptors (Lipinski definition) is 37. The standard InChI is InChI=1S/C88H174O37Si7/c1-37-103-53(89)45-104-74-66(102)73-52(44-111-132(35,36)88(20,21)22)118-81(74)125-72-51(43-110-131(33,34)87(17,18)19)117-79(65(101)59(72)95)123-70-49(41-108-129(29,30)85(11,12)13)115-77(63(99)57(70)93)121-68-47(39-106-127(25,26)83(5,6)7)113-75(61(97)55(68)91)119-67-46(38-105-126(23,24)82(2,3)4)112-76(60(96)54(67)90)120-69-48(40-107-128(27,28)84(8,9)10)114-78(62(98)56(69)92)122-71-50(42-109-130(31,32)86(14,15)16)116-80(124-73)64(100)58(71)94/h46-52,54-81,90-102H,37-45H2,1-36H3/t46-,47-,48-,49-,50-,51-,52-,54-,55-,56-,57-,58-,59-,60-,61-,62-,63-,64-,65-,66+,67-,68-,69-,70-,71-,72-,73-,74-,75-,76-,77-,78-,79-,80-,81-/m1/s1. The third kappa shape index (κ3) is 27.2. The third-order valence-corrected chi connectivity index (χ3v) is 62.6. The zero-order valence-corrected chi connectivity index (χ0v) is 92.7. The van der Waals surface area contributed by atoms with Crippen LogP contribution in [0.4, 0.5) is 0 Å². The summed E-state index contributed by atoms with van der Waals surface area (Å²) in [6.07, 6.45) is -65.6. The van der Waals surface area contributed by atoms with Crippen LogP contribution in [0, 0.1) is 0 Å². The molecular weight excluding hydrogens is 1850 g/mol. The molecule has 0 aromatic rings. The Kier molecular flexibility index (Phi) is 38.8. The summed E-state index contributed by atoms with van der Waals surface area (Å²) in [5.41, 5.74) is 0. The van der Waals surface area contributed by atoms with Crippen molar-refractivity contribution in [1.82, 2.24) is 0 Å². The van der Waals surface area contributed by atoms with Gasteiger partial charge in [0, 0.05) is 0 Å². The number of carbonyl (C=O) groups excluding carboxylic acids is 1. The molecule has 132 heavy (non-hydrogen) atoms. The highest BCUT2D eigenvalue weighted by Gasteiger charge is 2.63. The molecule has 0 saturated carbocycles. The molecule has 15 rings (SSSR count). The van der Waals surface area contributed by atoms with Crippen LogP contribution in [0.5, 0.6) is 0 Å². The molecule has 776 valence electrons. The Labute approximate surface area is 791 Å². The fraction of sp³-hybridized carbons (Fsp3) is 0.989. The topological polar surface area (TPSA) is 492 Å². The number of esters is 1. The van der Waals surface area contributed by atoms with Crippen LogP contribution in [0.25, 0.3) is 0 Å². The predicted molar refractivity (Wildman–Crippen MR) is 501 cm³/mol. The fourth-order valence-corrected chi connectivity index (χ4v) is 21.5. The first-order chi connectivity index (χ1) is 59.9. The number of fused-ring (bicyclic) bond motifs is 7. The SMILES string of the molecule is CCOC(=O)CO[C@H]1[C@H]2O[C@H]3[C@H](O)[C@@H](O)[C@@H](O[C@H]4[C@H](O)[C@@H](O)[C@@H](O[C@H]5[C@H](O)[C@@H](O)[C@@H](O[C@H]6[C@H](O)[C@@H](O)[C@@H](O[C@H]7[C@H](O)[C@@H](O)[C@@H](O[C@H]8[C@H](O)[C@@H](O)[C@@H](O[C@@H]([C@@H]1O)[C@@H](CO[Si](C)(C)C(C)(C)C)O2)O[C@@H]8CO[Si](C)(C)C(C)(C)C)O[C@@H]7CO[Si](C)(C)C(C)(C)C)O[C@@H]6CO[Si](C)(C)C(C)(C)C)O[C@@H]5CO[Si](C)(C)C(C)(C)C)O[C@@H]4CO[Si](C)(C)C(C)(C)C)O[C@@H]3CO[Si](C)(C)C(C)(C)C. The van der Waals surface area contributed by atoms with E-state index in [1.807, 2.05) is 237 Å². The molecule has 0 aromatic carbocycles. The van der Waals surface area contributed by atoms with Gasteiger partial charge in [0.05, 0.1) is 52.9 Å². The number of hydrogen-bond donors (Lipinski definition) is 13. The van der Waals surface area contributed by atoms with E-state index in [9.17, 15) is 71.2 Å². The number of aliphatic hydroxyl groups is 13. The second-order valence-corrected chi connectivity index (χ2v) is 81.6. The predicted octanol–water partition coefficient (Wildman–Crippen LogP) is 6.56. The number of ether oxygens (including phenoxy) is 16. The zero-order chi connectivity index (χ0) is 100. The van der Waals surface area contributed by atoms with E-state index < -0.39 is 341 Å². The van der Waals surface area contributed by atoms with Crippen molar-refractivity contribution in [3.8, 4) is 0 Å². The molecule has 0 aliphatic carbocycles. The lowest BCUT2D eigenvalue weighted by atomic mass is 9.95. The second kappa shape index (κ2) is 43.9. The van der Waals surface area contributed by atoms with Crippen molar-refractivity contribution in [2.24, 2.45) is 0 Å². The first-order valence-electron chi connectivity index (χ1n) is 47.1. The molecule has 13 N–H and O–H groups in total. The van der Waals surface area contributed by atoms with Crippen LogP contribution in [0.3, 0.4) is 0 Å². The Hall–Kier alpha value is -0.412. The molecule has 15 heterocycles. The summed E-state index contributed by atoms with van der Waals surface area (Å²) in [5, 5.41) is 164. The monoisotopic (exact) mass is 2020 g/mol. The minimum absolute atomic E-state index is 0.0931. The summed E-state index contributed by atoms with van der Waals surface area (Å²) in [4.78, 5) is 13.6. The van der Waals surface area contributed by atoms with Crippen LogP contribution in [-0.4, -0.2) is 405 Å². The lowest BCUT2D eigenvalue weighted by Crippen LogP contribution is -2.69. The van der Waals surface area contributed by atoms with Crippen LogP contribution >= 0.6 is 0 Å². The Morgan fingerprint density at radius 1 is 0.227 bits per heavy atom. The van der Waals surface area contributed by atoms with Gasteiger partial charge in [0.2, 0.25) is 0 Å². The molecular formula is C88H174O37Si7. The molecule has 14 bridgehead atoms. The van der Waals surface area contributed by atoms with E-state index in [1.165, 1.54) is 0 Å². The van der Waals surface area contributed by atoms with Crippen molar-refractivity contribution in [1.29, 1.82) is 0 Å². The number of rotatable bonds is 25. The Morgan fingerprint density at radius 3 is 0.523 bits per heavy atom. The van der Waals surface area contributed by atoms with Gasteiger partial charge in [-0.15, -0.1) is 0 Å². The van der Waals surface area contributed by atoms with E-state index in [4.69, 9.17) is 107 Å². The Morgan fingerprint density at radius 2 is 0.371 bits per heavy atom. The smallest absolute Gasteiger partial charge is 0.332 e. The van der Waals surface area contributed by atoms with E-state index in [1.54, 1.807) is 6.92 Å². The van der Waals surface area contributed by atoms with E-state index in [0.717, 1.165) is 0 Å². The number of carbonyl (C=O) groups is 1. The lowest BCUT2D eigenvalue weighted by Gasteiger charge is -2.51. The summed E-state index contributed by atoms with van der Waals surface area (Å²) < 4.78 is 154. The van der Waals surface area contributed by atoms with Crippen molar-refractivity contribution in [3.63, 3.8) is 0 Å². The number of aliphatic hydroxyl groups excluding tert-OH is 13. The molecule has 0 amide bonds. The summed E-state index contributed by atoms with van der Waals surface area (Å²) in [6.45, 7) is 67.3. The van der Waals surface area contributed by atoms with Crippen LogP contribution < -0.4 is 0 Å². The van der Waals surface area contributed by atoms with Gasteiger partial charge < -0.3 is 173 Å². The van der Waals surface area contributed by atoms with Gasteiger partial charge in [-0.1, -0.05) is 145 Å². The highest BCUT2D eigenvalue weighted by molar-refractivity contribution is 6.76. The fourth-order valence-electron chi connectivity index (χ4n) is 14.4. The van der Waals surface area contributed by atoms with Crippen LogP contribution in [0.2, 0.25) is 127 Å². The van der Waals surface area contributed by atoms with Gasteiger partial charge in [-0.05, 0) is 134 Å². The van der Waals surface area contributed by atoms with Crippen molar-refractivity contribution < 1.29 is 178 Å². The average Bonchev–Trinajstić information content (AvgIpc) is 0.798. The molecule has 0 spiro atoms. The molecule has 15 aliphatic heterocycles. The molecule has 37 nitrogen and oxygen atoms in total. The van der Waals surface area contributed by atoms with Crippen molar-refractivity contribution in [2.45, 2.75) is 494 Å². The van der Waals surface area contributed by atoms with Gasteiger partial charge in [0.25, 0.3) is 0 Å². The molecule has 15 aliphatic rings. The zero-order valence-electron chi connectivity index (χ0n) is 85.7. The van der Waals surface area contributed by atoms with Crippen LogP contribution in [-0.2, 0) is 112 Å². The summed E-state index contributed by atoms with van der Waals surface area (Å²) in [6, 6.07) is 0. The normalized spacial score (nSPS) is 39.1. The minimum Gasteiger partial charge on any atom is -0.464 e. The molecule has 35 atom stereocenters. The van der Waals surface area contributed by atoms with Gasteiger partial charge in [-0.3, -0.25) is 0 Å². The quantitative estimate of drug-likeness (QED) is 0.0340. The molecule has 0 aromatic heterocycles. The van der Waals surface area contributed by atoms with E-state index in [-0.39, 0.29) is 33.0 Å². The summed E-state index contributed by atoms with van der Waals surface area (Å²) in [5.74, 6) is -0.900. The van der Waals surface area contributed by atoms with Crippen molar-refractivity contribution in [3.05, 3.63) is 0 Å². The maximum absolute atomic E-state index is 13.6. The minimum atomic E-state index is -2.88. The van der Waals surface area contributed by atoms with E-state index >= 15 is 0 Å². The Bertz CT molecular complexity index is 3560. The lowest BCUT2D eigenvalue weighted by molar-refractivity contribution is -0.397. The van der Waals surface area contributed by atoms with Crippen molar-refractivity contribution in [2.75, 3.05) is 59.5 Å². The third-order valence-electron chi connectivity index (χ3n) is 31.1. The Balaban J connectivity index is 1.35. The average molecular weight is 2020 g/mol. The highest BCUT2D eigenvalue weighted by atomic mass is 28.4. The van der Waals surface area contributed by atoms with E-state index in [0.29, 0.717) is 0 Å². The summed E-state index contributed by atoms with van der Waals surface area (Å²) in [7, 11) is -20.0. The van der Waals surface area contributed by atoms with Gasteiger partial charge in [0.15, 0.2) is 102 Å². The molecule has 0 radical (unpaired) electrons. The highest BCUT2D eigenvalue weighted by Crippen LogP contribution is 2.48. The van der Waals surface area contributed by atoms with Crippen LogP contribution in [0.1, 0.15) is 152 Å². The van der Waals surface area contributed by atoms with Gasteiger partial charge >= 0.3 is 5.97 Å². The van der Waals surface area contributed by atoms with E-state index in [2.05, 4.69) is 0 Å². The van der Waals surface area contributed by atoms with Gasteiger partial charge in [-0.2, -0.15) is 0 Å². The molecule has 44 heteroatoms. The molecule has 15 fully saturated rings. The first-order valence-corrected chi connectivity index (χ1v) is 67.5. The maximum Gasteiger partial charge on any atom is 0.332 e. The summed E-state index contributed by atoms with van der Waals surface area (Å²) >= 11 is 0. The second-order valence-electron chi connectivity index (χ2n) is 48.0. The molecule has 0 unspecified atom stereocenters. The maximum atomic E-state index is 13.6. The largest absolute Gasteiger partial charge is 0.464 e. The molecule has 15 saturated heterocycles. The van der Waals surface area contributed by atoms with Crippen LogP contribution in [0.15, 0.2) is 0 Å². The van der Waals surface area contributed by atoms with Gasteiger partial charge in [0.1, 0.15) is 178 Å².